The average Bonchev–Trinajstić information content (AvgIpc) is 2.67. The molecule has 2 aromatic carbocycles. The first kappa shape index (κ1) is 18.2. The predicted molar refractivity (Wildman–Crippen MR) is 98.3 cm³/mol. The molecule has 0 bridgehead atoms. The minimum absolute atomic E-state index is 0.103. The van der Waals surface area contributed by atoms with Crippen LogP contribution in [0.2, 0.25) is 5.02 Å². The van der Waals surface area contributed by atoms with Crippen LogP contribution in [0, 0.1) is 10.1 Å². The third kappa shape index (κ3) is 4.14. The van der Waals surface area contributed by atoms with Crippen molar-refractivity contribution in [3.05, 3.63) is 69.2 Å². The van der Waals surface area contributed by atoms with Gasteiger partial charge in [-0.15, -0.1) is 0 Å². The van der Waals surface area contributed by atoms with Crippen molar-refractivity contribution < 1.29 is 14.5 Å². The Bertz CT molecular complexity index is 791. The molecule has 26 heavy (non-hydrogen) atoms. The van der Waals surface area contributed by atoms with E-state index in [1.165, 1.54) is 18.2 Å². The molecule has 0 N–H and O–H groups in total. The molecule has 1 aliphatic heterocycles. The summed E-state index contributed by atoms with van der Waals surface area (Å²) in [6.07, 6.45) is 2.24. The van der Waals surface area contributed by atoms with Gasteiger partial charge in [0.25, 0.3) is 11.6 Å². The van der Waals surface area contributed by atoms with E-state index in [0.717, 1.165) is 24.8 Å². The molecule has 2 aromatic rings. The maximum absolute atomic E-state index is 13.0. The number of nitro groups is 1. The molecule has 0 saturated carbocycles. The van der Waals surface area contributed by atoms with Gasteiger partial charge in [0.15, 0.2) is 0 Å². The number of hydrogen-bond donors (Lipinski definition) is 0. The third-order valence-corrected chi connectivity index (χ3v) is 4.66. The van der Waals surface area contributed by atoms with Crippen LogP contribution in [-0.2, 0) is 4.79 Å². The lowest BCUT2D eigenvalue weighted by molar-refractivity contribution is -0.384. The van der Waals surface area contributed by atoms with E-state index in [4.69, 9.17) is 16.3 Å². The third-order valence-electron chi connectivity index (χ3n) is 4.37. The van der Waals surface area contributed by atoms with Gasteiger partial charge >= 0.3 is 0 Å². The highest BCUT2D eigenvalue weighted by Gasteiger charge is 2.29. The highest BCUT2D eigenvalue weighted by molar-refractivity contribution is 6.32. The number of hydrogen-bond acceptors (Lipinski definition) is 4. The van der Waals surface area contributed by atoms with Crippen molar-refractivity contribution in [2.45, 2.75) is 25.4 Å². The molecule has 1 amide bonds. The number of ether oxygens (including phenoxy) is 1. The number of nitrogens with zero attached hydrogens (tertiary/aromatic N) is 2. The van der Waals surface area contributed by atoms with Gasteiger partial charge in [-0.1, -0.05) is 41.9 Å². The van der Waals surface area contributed by atoms with Crippen LogP contribution in [0.5, 0.6) is 5.75 Å². The van der Waals surface area contributed by atoms with Gasteiger partial charge in [0.2, 0.25) is 6.10 Å². The van der Waals surface area contributed by atoms with E-state index in [1.54, 1.807) is 4.90 Å². The van der Waals surface area contributed by atoms with Crippen molar-refractivity contribution in [3.8, 4) is 5.75 Å². The van der Waals surface area contributed by atoms with E-state index in [9.17, 15) is 14.9 Å². The summed E-state index contributed by atoms with van der Waals surface area (Å²) < 4.78 is 5.94. The summed E-state index contributed by atoms with van der Waals surface area (Å²) in [6, 6.07) is 13.2. The van der Waals surface area contributed by atoms with Crippen LogP contribution in [0.1, 0.15) is 30.9 Å². The molecule has 3 rings (SSSR count). The summed E-state index contributed by atoms with van der Waals surface area (Å²) in [6.45, 7) is 1.42. The topological polar surface area (TPSA) is 72.7 Å². The van der Waals surface area contributed by atoms with Crippen molar-refractivity contribution in [3.63, 3.8) is 0 Å². The Morgan fingerprint density at radius 3 is 2.42 bits per heavy atom. The lowest BCUT2D eigenvalue weighted by Gasteiger charge is -2.30. The molecule has 1 fully saturated rings. The number of carbonyl (C=O) groups is 1. The molecule has 136 valence electrons. The van der Waals surface area contributed by atoms with Gasteiger partial charge < -0.3 is 9.64 Å². The Labute approximate surface area is 156 Å². The first-order valence-electron chi connectivity index (χ1n) is 8.50. The van der Waals surface area contributed by atoms with Crippen LogP contribution in [0.25, 0.3) is 0 Å². The molecule has 0 radical (unpaired) electrons. The van der Waals surface area contributed by atoms with Gasteiger partial charge in [0.1, 0.15) is 5.75 Å². The second-order valence-corrected chi connectivity index (χ2v) is 6.57. The highest BCUT2D eigenvalue weighted by atomic mass is 35.5. The maximum atomic E-state index is 13.0. The summed E-state index contributed by atoms with van der Waals surface area (Å²) in [5.74, 6) is 0.127. The number of non-ortho nitro benzene ring substituents is 1. The quantitative estimate of drug-likeness (QED) is 0.575. The van der Waals surface area contributed by atoms with Crippen LogP contribution < -0.4 is 4.74 Å². The summed E-state index contributed by atoms with van der Waals surface area (Å²) >= 11 is 6.14. The molecule has 6 nitrogen and oxygen atoms in total. The van der Waals surface area contributed by atoms with Gasteiger partial charge in [-0.2, -0.15) is 0 Å². The lowest BCUT2D eigenvalue weighted by Crippen LogP contribution is -2.40. The number of nitro benzene ring substituents is 1. The van der Waals surface area contributed by atoms with E-state index in [2.05, 4.69) is 0 Å². The fraction of sp³-hybridized carbons (Fsp3) is 0.316. The first-order valence-corrected chi connectivity index (χ1v) is 8.88. The molecule has 1 unspecified atom stereocenters. The molecule has 0 aromatic heterocycles. The molecule has 1 saturated heterocycles. The smallest absolute Gasteiger partial charge is 0.271 e. The van der Waals surface area contributed by atoms with Crippen molar-refractivity contribution in [2.75, 3.05) is 13.1 Å². The van der Waals surface area contributed by atoms with E-state index in [-0.39, 0.29) is 22.4 Å². The second-order valence-electron chi connectivity index (χ2n) is 6.17. The van der Waals surface area contributed by atoms with E-state index < -0.39 is 11.0 Å². The van der Waals surface area contributed by atoms with Crippen molar-refractivity contribution >= 4 is 23.2 Å². The lowest BCUT2D eigenvalue weighted by atomic mass is 10.1. The van der Waals surface area contributed by atoms with Gasteiger partial charge in [-0.25, -0.2) is 0 Å². The Kier molecular flexibility index (Phi) is 5.73. The van der Waals surface area contributed by atoms with Crippen molar-refractivity contribution in [1.29, 1.82) is 0 Å². The summed E-state index contributed by atoms with van der Waals surface area (Å²) in [5, 5.41) is 11.0. The van der Waals surface area contributed by atoms with Gasteiger partial charge in [0, 0.05) is 30.8 Å². The molecule has 0 spiro atoms. The standard InChI is InChI=1S/C19H19ClN2O4/c20-16-13-15(22(24)25)9-10-17(16)26-18(14-7-3-1-4-8-14)19(23)21-11-5-2-6-12-21/h1,3-4,7-10,13,18H,2,5-6,11-12H2. The van der Waals surface area contributed by atoms with E-state index >= 15 is 0 Å². The molecular weight excluding hydrogens is 356 g/mol. The summed E-state index contributed by atoms with van der Waals surface area (Å²) in [4.78, 5) is 25.2. The van der Waals surface area contributed by atoms with Gasteiger partial charge in [-0.05, 0) is 25.3 Å². The maximum Gasteiger partial charge on any atom is 0.271 e. The SMILES string of the molecule is O=C(C(Oc1ccc([N+](=O)[O-])cc1Cl)c1ccccc1)N1CCCCC1. The Hall–Kier alpha value is -2.60. The van der Waals surface area contributed by atoms with Crippen molar-refractivity contribution in [2.24, 2.45) is 0 Å². The van der Waals surface area contributed by atoms with E-state index in [1.807, 2.05) is 30.3 Å². The molecular formula is C19H19ClN2O4. The minimum Gasteiger partial charge on any atom is -0.474 e. The Morgan fingerprint density at radius 1 is 1.12 bits per heavy atom. The molecule has 1 atom stereocenters. The monoisotopic (exact) mass is 374 g/mol. The minimum atomic E-state index is -0.840. The zero-order valence-electron chi connectivity index (χ0n) is 14.1. The number of halogens is 1. The van der Waals surface area contributed by atoms with Crippen LogP contribution >= 0.6 is 11.6 Å². The van der Waals surface area contributed by atoms with Crippen LogP contribution in [0.4, 0.5) is 5.69 Å². The normalized spacial score (nSPS) is 15.3. The fourth-order valence-electron chi connectivity index (χ4n) is 2.99. The average molecular weight is 375 g/mol. The predicted octanol–water partition coefficient (Wildman–Crippen LogP) is 4.38. The molecule has 7 heteroatoms. The zero-order valence-corrected chi connectivity index (χ0v) is 14.9. The highest BCUT2D eigenvalue weighted by Crippen LogP contribution is 2.33. The number of piperidine rings is 1. The first-order chi connectivity index (χ1) is 12.6. The number of amides is 1. The molecule has 1 aliphatic rings. The number of likely N-dealkylation sites (tertiary alicyclic amines) is 1. The van der Waals surface area contributed by atoms with Crippen LogP contribution in [0.3, 0.4) is 0 Å². The molecule has 0 aliphatic carbocycles. The Morgan fingerprint density at radius 2 is 1.81 bits per heavy atom. The van der Waals surface area contributed by atoms with Gasteiger partial charge in [0.05, 0.1) is 9.95 Å². The second kappa shape index (κ2) is 8.19. The fourth-order valence-corrected chi connectivity index (χ4v) is 3.21. The zero-order chi connectivity index (χ0) is 18.5. The van der Waals surface area contributed by atoms with Crippen molar-refractivity contribution in [1.82, 2.24) is 4.90 Å². The summed E-state index contributed by atoms with van der Waals surface area (Å²) in [5.41, 5.74) is 0.596. The van der Waals surface area contributed by atoms with Gasteiger partial charge in [-0.3, -0.25) is 14.9 Å². The number of rotatable bonds is 5. The summed E-state index contributed by atoms with van der Waals surface area (Å²) in [7, 11) is 0. The molecule has 1 heterocycles. The Balaban J connectivity index is 1.89. The van der Waals surface area contributed by atoms with Crippen LogP contribution in [-0.4, -0.2) is 28.8 Å². The largest absolute Gasteiger partial charge is 0.474 e. The number of benzene rings is 2. The van der Waals surface area contributed by atoms with E-state index in [0.29, 0.717) is 13.1 Å². The number of carbonyl (C=O) groups excluding carboxylic acids is 1. The van der Waals surface area contributed by atoms with Crippen LogP contribution in [0.15, 0.2) is 48.5 Å².